The number of ether oxygens (including phenoxy) is 8. The lowest BCUT2D eigenvalue weighted by molar-refractivity contribution is -0.334. The number of phenolic OH excluding ortho intramolecular Hbond substituents is 1. The largest absolute Gasteiger partial charge is 0.508 e. The van der Waals surface area contributed by atoms with Crippen molar-refractivity contribution in [3.05, 3.63) is 187 Å². The Morgan fingerprint density at radius 1 is 0.640 bits per heavy atom. The third kappa shape index (κ3) is 24.1. The van der Waals surface area contributed by atoms with E-state index in [0.717, 1.165) is 67.2 Å². The van der Waals surface area contributed by atoms with Crippen molar-refractivity contribution in [2.24, 2.45) is 35.0 Å². The molecule has 22 atom stereocenters. The molecule has 22 N–H and O–H groups in total. The Morgan fingerprint density at radius 3 is 1.87 bits per heavy atom. The van der Waals surface area contributed by atoms with Gasteiger partial charge >= 0.3 is 0 Å². The van der Waals surface area contributed by atoms with Gasteiger partial charge in [0.15, 0.2) is 47.5 Å². The standard InChI is InChI=1S/C101H125Cl3N10O25/c1-8-53(34-49(2)3)94(126)113-84-71(118)38-60(41-78(106)120)95(127)111-82-59-39-75(134-73-27-22-57(86(84)121)36-68(73)103)90(139-98-91(88(123)87(122)77(48-115)136-98)138-80-46-100(7,93(125)51(5)133-80)110-47-52-15-17-54(18-16-52)55-19-24-61(102)25-20-55)76(40-59)135-74-28-23-58(37-69(74)104)89(137-79-45-99(6,107)92(124)50(4)132-79)85-97(129)112-83(70(117)14-9-10-30-108-31-11-12-32-109-33-13-29-105)65-42-62(116)43-67-81(65)64-35-56(21-26-66(64)101(67,130)131)63(44-72(82)119)96(128)114-85/h15-28,35-37,39-40,42-43,49-51,53,60,63,77,79-80,82-89,91-93,98,108-110,115-116,121-125,130-131H,8-14,29-34,38,41,44-48,105,107H2,1-7H3,(H2,106,120)(H,111,127)(H,112,129)(H,113,126)(H,114,128). The van der Waals surface area contributed by atoms with Gasteiger partial charge in [-0.1, -0.05) is 116 Å². The van der Waals surface area contributed by atoms with Crippen molar-refractivity contribution in [3.63, 3.8) is 0 Å². The van der Waals surface area contributed by atoms with E-state index in [4.69, 9.17) is 89.9 Å². The van der Waals surface area contributed by atoms with E-state index in [0.29, 0.717) is 37.5 Å². The molecule has 8 heterocycles. The minimum Gasteiger partial charge on any atom is -0.508 e. The van der Waals surface area contributed by atoms with Gasteiger partial charge in [0, 0.05) is 78.2 Å². The highest BCUT2D eigenvalue weighted by Crippen LogP contribution is 2.54. The highest BCUT2D eigenvalue weighted by atomic mass is 35.5. The molecule has 0 spiro atoms. The molecule has 9 aliphatic rings. The number of aliphatic hydroxyl groups excluding tert-OH is 6. The van der Waals surface area contributed by atoms with Crippen LogP contribution in [0, 0.1) is 17.8 Å². The number of benzene rings is 7. The molecule has 0 radical (unpaired) electrons. The van der Waals surface area contributed by atoms with E-state index in [1.165, 1.54) is 67.6 Å². The summed E-state index contributed by atoms with van der Waals surface area (Å²) in [6.07, 6.45) is -20.7. The first kappa shape index (κ1) is 105. The number of Topliss-reactive ketones (excluding diaryl/α,β-unsaturated/α-hetero) is 3. The Morgan fingerprint density at radius 2 is 1.25 bits per heavy atom. The molecular formula is C101H125Cl3N10O25. The third-order valence-corrected chi connectivity index (χ3v) is 28.0. The summed E-state index contributed by atoms with van der Waals surface area (Å²) in [7, 11) is 0. The maximum atomic E-state index is 17.0. The molecule has 3 fully saturated rings. The zero-order chi connectivity index (χ0) is 100.0. The first-order valence-electron chi connectivity index (χ1n) is 47.3. The van der Waals surface area contributed by atoms with Gasteiger partial charge in [0.1, 0.15) is 71.9 Å². The number of rotatable bonds is 32. The zero-order valence-electron chi connectivity index (χ0n) is 78.3. The molecule has 22 unspecified atom stereocenters. The number of amides is 5. The van der Waals surface area contributed by atoms with E-state index in [-0.39, 0.29) is 116 Å². The topological polar surface area (TPSA) is 555 Å². The molecule has 35 nitrogen and oxygen atoms in total. The lowest BCUT2D eigenvalue weighted by atomic mass is 9.84. The fourth-order valence-corrected chi connectivity index (χ4v) is 20.0. The first-order chi connectivity index (χ1) is 66.1. The van der Waals surface area contributed by atoms with Gasteiger partial charge in [-0.15, -0.1) is 0 Å². The molecule has 0 saturated carbocycles. The van der Waals surface area contributed by atoms with Crippen LogP contribution in [0.4, 0.5) is 0 Å². The van der Waals surface area contributed by atoms with E-state index in [9.17, 15) is 55.5 Å². The molecule has 750 valence electrons. The smallest absolute Gasteiger partial charge is 0.246 e. The molecule has 1 aliphatic carbocycles. The predicted molar refractivity (Wildman–Crippen MR) is 511 cm³/mol. The molecular weight excluding hydrogens is 1860 g/mol. The summed E-state index contributed by atoms with van der Waals surface area (Å²) < 4.78 is 53.9. The minimum absolute atomic E-state index is 0.0330. The quantitative estimate of drug-likeness (QED) is 0.0140. The Hall–Kier alpha value is -9.75. The van der Waals surface area contributed by atoms with E-state index in [2.05, 4.69) is 37.2 Å². The summed E-state index contributed by atoms with van der Waals surface area (Å²) in [5.41, 5.74) is 16.9. The number of halogens is 3. The van der Waals surface area contributed by atoms with Gasteiger partial charge in [-0.25, -0.2) is 0 Å². The van der Waals surface area contributed by atoms with Crippen LogP contribution in [0.25, 0.3) is 22.3 Å². The molecule has 7 aromatic rings. The molecule has 139 heavy (non-hydrogen) atoms. The molecule has 0 aromatic heterocycles. The molecule has 16 rings (SSSR count). The summed E-state index contributed by atoms with van der Waals surface area (Å²) in [6.45, 7) is 14.5. The van der Waals surface area contributed by atoms with Gasteiger partial charge in [-0.05, 0) is 234 Å². The Balaban J connectivity index is 0.943. The average Bonchev–Trinajstić information content (AvgIpc) is 1.56. The third-order valence-electron chi connectivity index (χ3n) is 27.2. The maximum Gasteiger partial charge on any atom is 0.246 e. The van der Waals surface area contributed by atoms with Gasteiger partial charge in [-0.3, -0.25) is 38.4 Å². The average molecular weight is 1990 g/mol. The molecule has 5 amide bonds. The Kier molecular flexibility index (Phi) is 34.2. The van der Waals surface area contributed by atoms with Crippen LogP contribution in [0.1, 0.15) is 207 Å². The van der Waals surface area contributed by atoms with Crippen molar-refractivity contribution in [2.75, 3.05) is 39.3 Å². The summed E-state index contributed by atoms with van der Waals surface area (Å²) >= 11 is 21.2. The van der Waals surface area contributed by atoms with Crippen molar-refractivity contribution in [2.45, 2.75) is 265 Å². The van der Waals surface area contributed by atoms with Gasteiger partial charge in [0.05, 0.1) is 52.9 Å². The number of nitrogens with one attached hydrogen (secondary N) is 7. The van der Waals surface area contributed by atoms with E-state index in [1.807, 2.05) is 50.2 Å². The highest BCUT2D eigenvalue weighted by Gasteiger charge is 2.54. The van der Waals surface area contributed by atoms with E-state index < -0.39 is 234 Å². The summed E-state index contributed by atoms with van der Waals surface area (Å²) in [5.74, 6) is -18.6. The van der Waals surface area contributed by atoms with Crippen molar-refractivity contribution >= 4 is 81.7 Å². The number of carbonyl (C=O) groups excluding carboxylic acids is 8. The molecule has 3 saturated heterocycles. The van der Waals surface area contributed by atoms with Crippen LogP contribution in [-0.2, 0) is 74.4 Å². The van der Waals surface area contributed by atoms with Crippen LogP contribution in [0.2, 0.25) is 15.1 Å². The summed E-state index contributed by atoms with van der Waals surface area (Å²) in [4.78, 5) is 125. The second-order valence-corrected chi connectivity index (χ2v) is 39.5. The zero-order valence-corrected chi connectivity index (χ0v) is 80.6. The number of phenols is 1. The SMILES string of the molecule is CCC(CC(C)C)C(=O)NC1C(=O)CC(CC(N)=O)C(=O)NC2C(=O)CC3C(=O)NC(C(=O)NC(C(=O)CCCCNCCCCNCCCN)c4cc(O)cc5c4-c4cc3ccc4C5(O)O)C(OC3CC(C)(N)C(O)C(C)O3)c3ccc(c(Cl)c3)Oc3cc2cc(c3OC2OC(CO)C(O)C(O)C2OC2CC(C)(NCc3ccc(-c4ccc(Cl)cc4)cc3)C(O)C(C)O2)Oc2ccc(cc2Cl)C1O. The van der Waals surface area contributed by atoms with Crippen molar-refractivity contribution in [1.29, 1.82) is 0 Å². The van der Waals surface area contributed by atoms with Crippen LogP contribution >= 0.6 is 34.8 Å². The number of aliphatic hydroxyl groups is 8. The van der Waals surface area contributed by atoms with Crippen LogP contribution in [0.3, 0.4) is 0 Å². The number of primary amides is 1. The number of hydrogen-bond donors (Lipinski definition) is 19. The Bertz CT molecular complexity index is 5630. The molecule has 8 aliphatic heterocycles. The van der Waals surface area contributed by atoms with Crippen LogP contribution in [0.5, 0.6) is 34.5 Å². The fraction of sp³-hybridized carbons (Fsp3) is 0.505. The van der Waals surface area contributed by atoms with Crippen LogP contribution in [0.15, 0.2) is 127 Å². The second-order valence-electron chi connectivity index (χ2n) is 38.2. The number of ketones is 3. The normalized spacial score (nSPS) is 28.7. The number of carbonyl (C=O) groups is 8. The first-order valence-corrected chi connectivity index (χ1v) is 48.4. The van der Waals surface area contributed by atoms with Crippen LogP contribution < -0.4 is 68.6 Å². The monoisotopic (exact) mass is 1980 g/mol. The van der Waals surface area contributed by atoms with Gasteiger partial charge < -0.3 is 138 Å². The second kappa shape index (κ2) is 45.2. The van der Waals surface area contributed by atoms with Crippen LogP contribution in [-0.4, -0.2) is 223 Å². The summed E-state index contributed by atoms with van der Waals surface area (Å²) in [5, 5.41) is 130. The summed E-state index contributed by atoms with van der Waals surface area (Å²) in [6, 6.07) is 23.3. The number of hydrogen-bond acceptors (Lipinski definition) is 30. The number of fused-ring (bicyclic) bond motifs is 12. The van der Waals surface area contributed by atoms with Crippen molar-refractivity contribution in [3.8, 4) is 56.8 Å². The van der Waals surface area contributed by atoms with Gasteiger partial charge in [-0.2, -0.15) is 0 Å². The lowest BCUT2D eigenvalue weighted by Crippen LogP contribution is -2.65. The van der Waals surface area contributed by atoms with E-state index in [1.54, 1.807) is 39.8 Å². The highest BCUT2D eigenvalue weighted by molar-refractivity contribution is 6.32. The minimum atomic E-state index is -2.98. The van der Waals surface area contributed by atoms with Gasteiger partial charge in [0.25, 0.3) is 0 Å². The number of unbranched alkanes of at least 4 members (excludes halogenated alkanes) is 2. The maximum absolute atomic E-state index is 17.0. The molecule has 38 heteroatoms. The lowest BCUT2D eigenvalue weighted by Gasteiger charge is -2.48. The van der Waals surface area contributed by atoms with Gasteiger partial charge in [0.2, 0.25) is 47.4 Å². The van der Waals surface area contributed by atoms with Crippen molar-refractivity contribution < 1.29 is 122 Å². The van der Waals surface area contributed by atoms with Crippen molar-refractivity contribution in [1.82, 2.24) is 37.2 Å². The van der Waals surface area contributed by atoms with E-state index >= 15 is 28.8 Å². The molecule has 7 aromatic carbocycles. The number of nitrogens with two attached hydrogens (primary N) is 3. The Labute approximate surface area is 819 Å². The fourth-order valence-electron chi connectivity index (χ4n) is 19.4. The predicted octanol–water partition coefficient (Wildman–Crippen LogP) is 7.96. The molecule has 11 bridgehead atoms. The number of aromatic hydroxyl groups is 1.